The fourth-order valence-corrected chi connectivity index (χ4v) is 8.54. The summed E-state index contributed by atoms with van der Waals surface area (Å²) in [6, 6.07) is -4.77. The lowest BCUT2D eigenvalue weighted by Crippen LogP contribution is -2.63. The standard InChI is InChI=1S/C35H61N7O6/c1-20(2)15-28-32(45)40-30(24-9-7-6-8-10-24)34(47)38-27(18-36)31(44)39-29(22(4)43)33(46)37-13-14-42(21(3)35(48)41(28)5)19-26-17-23-11-12-25(26)16-23/h20-30,43H,6-19,36H2,1-5H3,(H,37,46)(H,38,47)(H,39,44)(H,40,45)/t21-,22-,23+,25-,26-,27-,28-,29-,30-/m0/s1. The second-order valence-electron chi connectivity index (χ2n) is 15.4. The second-order valence-corrected chi connectivity index (χ2v) is 15.4. The van der Waals surface area contributed by atoms with Crippen LogP contribution in [0.4, 0.5) is 0 Å². The van der Waals surface area contributed by atoms with Gasteiger partial charge >= 0.3 is 0 Å². The lowest BCUT2D eigenvalue weighted by Gasteiger charge is -2.38. The molecular formula is C35H61N7O6. The number of hydrogen-bond donors (Lipinski definition) is 6. The highest BCUT2D eigenvalue weighted by atomic mass is 16.3. The first kappa shape index (κ1) is 38.0. The maximum atomic E-state index is 14.2. The summed E-state index contributed by atoms with van der Waals surface area (Å²) >= 11 is 0. The van der Waals surface area contributed by atoms with Gasteiger partial charge in [-0.1, -0.05) is 39.5 Å². The zero-order chi connectivity index (χ0) is 35.1. The second kappa shape index (κ2) is 17.2. The molecule has 3 saturated carbocycles. The molecule has 0 unspecified atom stereocenters. The summed E-state index contributed by atoms with van der Waals surface area (Å²) in [6.07, 6.45) is 8.36. The molecule has 5 amide bonds. The minimum atomic E-state index is -1.28. The van der Waals surface area contributed by atoms with Crippen LogP contribution < -0.4 is 27.0 Å². The zero-order valence-electron chi connectivity index (χ0n) is 29.7. The fraction of sp³-hybridized carbons (Fsp3) is 0.857. The van der Waals surface area contributed by atoms with Crippen LogP contribution >= 0.6 is 0 Å². The molecule has 272 valence electrons. The van der Waals surface area contributed by atoms with Gasteiger partial charge < -0.3 is 37.0 Å². The highest BCUT2D eigenvalue weighted by Crippen LogP contribution is 2.48. The predicted molar refractivity (Wildman–Crippen MR) is 182 cm³/mol. The Balaban J connectivity index is 1.67. The summed E-state index contributed by atoms with van der Waals surface area (Å²) in [4.78, 5) is 72.5. The molecule has 13 heteroatoms. The van der Waals surface area contributed by atoms with E-state index in [1.165, 1.54) is 31.1 Å². The number of nitrogens with one attached hydrogen (secondary N) is 4. The fourth-order valence-electron chi connectivity index (χ4n) is 8.54. The van der Waals surface area contributed by atoms with Crippen LogP contribution in [0.2, 0.25) is 0 Å². The molecule has 7 N–H and O–H groups in total. The largest absolute Gasteiger partial charge is 0.391 e. The number of carbonyl (C=O) groups is 5. The molecule has 0 aromatic heterocycles. The molecule has 4 fully saturated rings. The van der Waals surface area contributed by atoms with Gasteiger partial charge in [0, 0.05) is 33.2 Å². The first-order valence-corrected chi connectivity index (χ1v) is 18.4. The highest BCUT2D eigenvalue weighted by molar-refractivity contribution is 5.96. The van der Waals surface area contributed by atoms with Gasteiger partial charge in [-0.15, -0.1) is 0 Å². The molecule has 9 atom stereocenters. The van der Waals surface area contributed by atoms with Crippen molar-refractivity contribution in [1.29, 1.82) is 0 Å². The minimum absolute atomic E-state index is 0.0960. The number of amides is 5. The first-order valence-electron chi connectivity index (χ1n) is 18.4. The molecule has 1 saturated heterocycles. The van der Waals surface area contributed by atoms with Crippen molar-refractivity contribution in [2.75, 3.05) is 33.2 Å². The van der Waals surface area contributed by atoms with Gasteiger partial charge in [0.05, 0.1) is 12.1 Å². The molecule has 0 spiro atoms. The SMILES string of the molecule is CC(C)C[C@H]1C(=O)N[C@@H](C2CCCCC2)C(=O)N[C@@H](CN)C(=O)N[C@@H]([C@H](C)O)C(=O)NCCN(C[C@@H]2C[C@@H]3CC[C@H]2C3)[C@@H](C)C(=O)N1C. The number of hydrogen-bond acceptors (Lipinski definition) is 8. The number of aliphatic hydroxyl groups is 1. The maximum Gasteiger partial charge on any atom is 0.245 e. The Labute approximate surface area is 286 Å². The van der Waals surface area contributed by atoms with Crippen LogP contribution in [-0.2, 0) is 24.0 Å². The van der Waals surface area contributed by atoms with Crippen molar-refractivity contribution in [3.63, 3.8) is 0 Å². The van der Waals surface area contributed by atoms with Crippen LogP contribution in [0.15, 0.2) is 0 Å². The van der Waals surface area contributed by atoms with Crippen molar-refractivity contribution in [3.05, 3.63) is 0 Å². The molecule has 0 aromatic rings. The van der Waals surface area contributed by atoms with E-state index in [-0.39, 0.29) is 30.8 Å². The van der Waals surface area contributed by atoms with E-state index in [2.05, 4.69) is 26.2 Å². The van der Waals surface area contributed by atoms with Crippen LogP contribution in [0.1, 0.15) is 91.9 Å². The van der Waals surface area contributed by atoms with Gasteiger partial charge in [-0.05, 0) is 82.0 Å². The molecule has 13 nitrogen and oxygen atoms in total. The molecule has 4 aliphatic rings. The summed E-state index contributed by atoms with van der Waals surface area (Å²) in [5.41, 5.74) is 5.94. The van der Waals surface area contributed by atoms with Crippen molar-refractivity contribution < 1.29 is 29.1 Å². The van der Waals surface area contributed by atoms with Gasteiger partial charge in [0.2, 0.25) is 29.5 Å². The molecule has 0 aromatic carbocycles. The zero-order valence-corrected chi connectivity index (χ0v) is 29.7. The Morgan fingerprint density at radius 2 is 1.56 bits per heavy atom. The third-order valence-corrected chi connectivity index (χ3v) is 11.4. The molecule has 48 heavy (non-hydrogen) atoms. The van der Waals surface area contributed by atoms with Gasteiger partial charge in [0.15, 0.2) is 0 Å². The highest BCUT2D eigenvalue weighted by Gasteiger charge is 2.42. The summed E-state index contributed by atoms with van der Waals surface area (Å²) in [5.74, 6) is -0.627. The van der Waals surface area contributed by atoms with Crippen LogP contribution in [0, 0.1) is 29.6 Å². The molecule has 0 radical (unpaired) electrons. The molecular weight excluding hydrogens is 614 g/mol. The summed E-state index contributed by atoms with van der Waals surface area (Å²) in [6.45, 7) is 8.30. The predicted octanol–water partition coefficient (Wildman–Crippen LogP) is 0.490. The van der Waals surface area contributed by atoms with Gasteiger partial charge in [-0.2, -0.15) is 0 Å². The molecule has 2 bridgehead atoms. The van der Waals surface area contributed by atoms with E-state index in [0.29, 0.717) is 31.3 Å². The molecule has 1 heterocycles. The summed E-state index contributed by atoms with van der Waals surface area (Å²) < 4.78 is 0. The first-order chi connectivity index (χ1) is 22.8. The number of aliphatic hydroxyl groups excluding tert-OH is 1. The van der Waals surface area contributed by atoms with E-state index >= 15 is 0 Å². The smallest absolute Gasteiger partial charge is 0.245 e. The third-order valence-electron chi connectivity index (χ3n) is 11.4. The van der Waals surface area contributed by atoms with Crippen molar-refractivity contribution >= 4 is 29.5 Å². The molecule has 1 aliphatic heterocycles. The van der Waals surface area contributed by atoms with Gasteiger partial charge in [-0.3, -0.25) is 28.9 Å². The average molecular weight is 676 g/mol. The lowest BCUT2D eigenvalue weighted by molar-refractivity contribution is -0.144. The van der Waals surface area contributed by atoms with Gasteiger partial charge in [-0.25, -0.2) is 0 Å². The van der Waals surface area contributed by atoms with Crippen LogP contribution in [0.25, 0.3) is 0 Å². The number of fused-ring (bicyclic) bond motifs is 2. The lowest BCUT2D eigenvalue weighted by atomic mass is 9.83. The number of likely N-dealkylation sites (N-methyl/N-ethyl adjacent to an activating group) is 1. The maximum absolute atomic E-state index is 14.2. The van der Waals surface area contributed by atoms with E-state index in [0.717, 1.165) is 44.4 Å². The Hall–Kier alpha value is -2.77. The van der Waals surface area contributed by atoms with Crippen molar-refractivity contribution in [1.82, 2.24) is 31.1 Å². The summed E-state index contributed by atoms with van der Waals surface area (Å²) in [5, 5.41) is 21.6. The number of carbonyl (C=O) groups excluding carboxylic acids is 5. The van der Waals surface area contributed by atoms with E-state index in [1.54, 1.807) is 7.05 Å². The van der Waals surface area contributed by atoms with E-state index in [4.69, 9.17) is 5.73 Å². The normalized spacial score (nSPS) is 34.7. The van der Waals surface area contributed by atoms with Crippen LogP contribution in [-0.4, -0.2) is 114 Å². The molecule has 4 rings (SSSR count). The van der Waals surface area contributed by atoms with Crippen molar-refractivity contribution in [3.8, 4) is 0 Å². The van der Waals surface area contributed by atoms with E-state index in [1.807, 2.05) is 20.8 Å². The van der Waals surface area contributed by atoms with Gasteiger partial charge in [0.1, 0.15) is 24.2 Å². The van der Waals surface area contributed by atoms with Crippen molar-refractivity contribution in [2.45, 2.75) is 128 Å². The van der Waals surface area contributed by atoms with E-state index < -0.39 is 59.9 Å². The average Bonchev–Trinajstić information content (AvgIpc) is 3.69. The Bertz CT molecular complexity index is 1140. The van der Waals surface area contributed by atoms with Crippen LogP contribution in [0.5, 0.6) is 0 Å². The van der Waals surface area contributed by atoms with Crippen molar-refractivity contribution in [2.24, 2.45) is 35.3 Å². The minimum Gasteiger partial charge on any atom is -0.391 e. The van der Waals surface area contributed by atoms with Gasteiger partial charge in [0.25, 0.3) is 0 Å². The number of nitrogens with zero attached hydrogens (tertiary/aromatic N) is 2. The molecule has 3 aliphatic carbocycles. The van der Waals surface area contributed by atoms with E-state index in [9.17, 15) is 29.1 Å². The Kier molecular flexibility index (Phi) is 13.7. The monoisotopic (exact) mass is 675 g/mol. The Morgan fingerprint density at radius 3 is 2.15 bits per heavy atom. The van der Waals surface area contributed by atoms with Crippen LogP contribution in [0.3, 0.4) is 0 Å². The quantitative estimate of drug-likeness (QED) is 0.225. The topological polar surface area (TPSA) is 186 Å². The number of nitrogens with two attached hydrogens (primary N) is 1. The Morgan fingerprint density at radius 1 is 0.854 bits per heavy atom. The summed E-state index contributed by atoms with van der Waals surface area (Å²) in [7, 11) is 1.67. The third kappa shape index (κ3) is 9.47. The number of rotatable bonds is 7.